The third-order valence-corrected chi connectivity index (χ3v) is 3.04. The van der Waals surface area contributed by atoms with Gasteiger partial charge in [-0.3, -0.25) is 0 Å². The van der Waals surface area contributed by atoms with Gasteiger partial charge in [0.15, 0.2) is 0 Å². The Hall–Kier alpha value is -1.39. The highest BCUT2D eigenvalue weighted by atomic mass is 16.5. The Balaban J connectivity index is 1.98. The molecule has 3 rings (SSSR count). The Bertz CT molecular complexity index is 461. The summed E-state index contributed by atoms with van der Waals surface area (Å²) in [5, 5.41) is 0. The molecular weight excluding hydrogens is 202 g/mol. The van der Waals surface area contributed by atoms with Gasteiger partial charge >= 0.3 is 0 Å². The summed E-state index contributed by atoms with van der Waals surface area (Å²) in [5.74, 6) is 0. The minimum atomic E-state index is -0.0475. The van der Waals surface area contributed by atoms with E-state index in [0.717, 1.165) is 30.8 Å². The summed E-state index contributed by atoms with van der Waals surface area (Å²) in [6.45, 7) is 0.784. The van der Waals surface area contributed by atoms with Crippen LogP contribution in [0.4, 0.5) is 0 Å². The highest BCUT2D eigenvalue weighted by Gasteiger charge is 2.26. The first-order valence-corrected chi connectivity index (χ1v) is 5.65. The Kier molecular flexibility index (Phi) is 2.38. The van der Waals surface area contributed by atoms with Crippen molar-refractivity contribution >= 4 is 5.65 Å². The van der Waals surface area contributed by atoms with Crippen LogP contribution in [0.5, 0.6) is 0 Å². The molecular formula is C12H15N3O. The second-order valence-electron chi connectivity index (χ2n) is 4.23. The predicted octanol–water partition coefficient (Wildman–Crippen LogP) is 1.51. The number of nitrogens with zero attached hydrogens (tertiary/aromatic N) is 2. The van der Waals surface area contributed by atoms with Gasteiger partial charge < -0.3 is 14.9 Å². The molecule has 1 aliphatic heterocycles. The monoisotopic (exact) mass is 217 g/mol. The molecule has 4 nitrogen and oxygen atoms in total. The number of hydrogen-bond acceptors (Lipinski definition) is 3. The van der Waals surface area contributed by atoms with Crippen molar-refractivity contribution in [1.82, 2.24) is 9.38 Å². The molecule has 1 aliphatic rings. The zero-order valence-electron chi connectivity index (χ0n) is 9.04. The van der Waals surface area contributed by atoms with Crippen LogP contribution < -0.4 is 5.73 Å². The third kappa shape index (κ3) is 1.60. The number of imidazole rings is 1. The molecule has 0 bridgehead atoms. The van der Waals surface area contributed by atoms with Gasteiger partial charge in [0.05, 0.1) is 5.69 Å². The second kappa shape index (κ2) is 3.88. The van der Waals surface area contributed by atoms with Crippen LogP contribution in [-0.2, 0) is 4.74 Å². The maximum atomic E-state index is 6.06. The number of pyridine rings is 1. The first kappa shape index (κ1) is 9.81. The summed E-state index contributed by atoms with van der Waals surface area (Å²) in [5.41, 5.74) is 7.94. The molecule has 84 valence electrons. The molecule has 0 aliphatic carbocycles. The first-order valence-electron chi connectivity index (χ1n) is 5.65. The van der Waals surface area contributed by atoms with Crippen LogP contribution in [0.15, 0.2) is 30.6 Å². The van der Waals surface area contributed by atoms with Crippen LogP contribution in [0.25, 0.3) is 5.65 Å². The van der Waals surface area contributed by atoms with Gasteiger partial charge in [-0.15, -0.1) is 0 Å². The van der Waals surface area contributed by atoms with Gasteiger partial charge in [-0.2, -0.15) is 0 Å². The quantitative estimate of drug-likeness (QED) is 0.787. The van der Waals surface area contributed by atoms with Crippen LogP contribution in [-0.4, -0.2) is 22.0 Å². The molecule has 2 atom stereocenters. The lowest BCUT2D eigenvalue weighted by Gasteiger charge is -2.27. The summed E-state index contributed by atoms with van der Waals surface area (Å²) in [7, 11) is 0. The second-order valence-corrected chi connectivity index (χ2v) is 4.23. The molecule has 0 spiro atoms. The van der Waals surface area contributed by atoms with Crippen molar-refractivity contribution in [3.63, 3.8) is 0 Å². The van der Waals surface area contributed by atoms with Crippen molar-refractivity contribution in [3.05, 3.63) is 36.3 Å². The molecule has 3 heterocycles. The molecule has 0 radical (unpaired) electrons. The van der Waals surface area contributed by atoms with Crippen molar-refractivity contribution in [2.75, 3.05) is 6.61 Å². The average molecular weight is 217 g/mol. The van der Waals surface area contributed by atoms with Crippen molar-refractivity contribution in [2.45, 2.75) is 25.0 Å². The molecule has 2 unspecified atom stereocenters. The minimum absolute atomic E-state index is 0.0475. The van der Waals surface area contributed by atoms with Crippen molar-refractivity contribution in [2.24, 2.45) is 5.73 Å². The van der Waals surface area contributed by atoms with E-state index in [-0.39, 0.29) is 12.1 Å². The molecule has 16 heavy (non-hydrogen) atoms. The number of aromatic nitrogens is 2. The summed E-state index contributed by atoms with van der Waals surface area (Å²) in [6, 6.07) is 6.02. The Labute approximate surface area is 94.0 Å². The van der Waals surface area contributed by atoms with E-state index in [2.05, 4.69) is 4.98 Å². The third-order valence-electron chi connectivity index (χ3n) is 3.04. The molecule has 2 aromatic rings. The van der Waals surface area contributed by atoms with Crippen LogP contribution in [0.1, 0.15) is 24.6 Å². The van der Waals surface area contributed by atoms with E-state index in [0.29, 0.717) is 0 Å². The lowest BCUT2D eigenvalue weighted by molar-refractivity contribution is -0.00213. The largest absolute Gasteiger partial charge is 0.370 e. The molecule has 0 saturated carbocycles. The summed E-state index contributed by atoms with van der Waals surface area (Å²) in [4.78, 5) is 4.54. The van der Waals surface area contributed by atoms with Gasteiger partial charge in [0.1, 0.15) is 11.8 Å². The van der Waals surface area contributed by atoms with Crippen LogP contribution in [0.3, 0.4) is 0 Å². The summed E-state index contributed by atoms with van der Waals surface area (Å²) >= 11 is 0. The van der Waals surface area contributed by atoms with E-state index >= 15 is 0 Å². The lowest BCUT2D eigenvalue weighted by atomic mass is 10.0. The summed E-state index contributed by atoms with van der Waals surface area (Å²) < 4.78 is 7.70. The Morgan fingerprint density at radius 1 is 1.44 bits per heavy atom. The van der Waals surface area contributed by atoms with Crippen LogP contribution >= 0.6 is 0 Å². The number of nitrogens with two attached hydrogens (primary N) is 1. The molecule has 2 N–H and O–H groups in total. The maximum Gasteiger partial charge on any atom is 0.137 e. The molecule has 4 heteroatoms. The van der Waals surface area contributed by atoms with Crippen molar-refractivity contribution in [1.29, 1.82) is 0 Å². The fourth-order valence-electron chi connectivity index (χ4n) is 2.20. The molecule has 1 fully saturated rings. The lowest BCUT2D eigenvalue weighted by Crippen LogP contribution is -2.34. The molecule has 0 aromatic carbocycles. The van der Waals surface area contributed by atoms with E-state index in [9.17, 15) is 0 Å². The first-order chi connectivity index (χ1) is 7.84. The SMILES string of the molecule is NC1CCCOC1c1cn2ccccc2n1. The van der Waals surface area contributed by atoms with Crippen molar-refractivity contribution < 1.29 is 4.74 Å². The van der Waals surface area contributed by atoms with Gasteiger partial charge in [0, 0.05) is 25.0 Å². The Morgan fingerprint density at radius 3 is 3.19 bits per heavy atom. The zero-order valence-corrected chi connectivity index (χ0v) is 9.04. The smallest absolute Gasteiger partial charge is 0.137 e. The Morgan fingerprint density at radius 2 is 2.38 bits per heavy atom. The zero-order chi connectivity index (χ0) is 11.0. The number of ether oxygens (including phenoxy) is 1. The summed E-state index contributed by atoms with van der Waals surface area (Å²) in [6.07, 6.45) is 6.00. The van der Waals surface area contributed by atoms with Gasteiger partial charge in [-0.1, -0.05) is 6.07 Å². The number of fused-ring (bicyclic) bond motifs is 1. The average Bonchev–Trinajstić information content (AvgIpc) is 2.73. The van der Waals surface area contributed by atoms with E-state index in [1.165, 1.54) is 0 Å². The fourth-order valence-corrected chi connectivity index (χ4v) is 2.20. The van der Waals surface area contributed by atoms with E-state index < -0.39 is 0 Å². The van der Waals surface area contributed by atoms with Gasteiger partial charge in [-0.05, 0) is 25.0 Å². The van der Waals surface area contributed by atoms with Crippen LogP contribution in [0.2, 0.25) is 0 Å². The predicted molar refractivity (Wildman–Crippen MR) is 61.1 cm³/mol. The van der Waals surface area contributed by atoms with E-state index in [1.807, 2.05) is 35.0 Å². The maximum absolute atomic E-state index is 6.06. The minimum Gasteiger partial charge on any atom is -0.370 e. The number of rotatable bonds is 1. The van der Waals surface area contributed by atoms with E-state index in [4.69, 9.17) is 10.5 Å². The normalized spacial score (nSPS) is 26.1. The van der Waals surface area contributed by atoms with Crippen molar-refractivity contribution in [3.8, 4) is 0 Å². The van der Waals surface area contributed by atoms with E-state index in [1.54, 1.807) is 0 Å². The highest BCUT2D eigenvalue weighted by Crippen LogP contribution is 2.26. The van der Waals surface area contributed by atoms with Gasteiger partial charge in [0.25, 0.3) is 0 Å². The fraction of sp³-hybridized carbons (Fsp3) is 0.417. The highest BCUT2D eigenvalue weighted by molar-refractivity contribution is 5.40. The number of hydrogen-bond donors (Lipinski definition) is 1. The van der Waals surface area contributed by atoms with Gasteiger partial charge in [0.2, 0.25) is 0 Å². The molecule has 0 amide bonds. The molecule has 1 saturated heterocycles. The van der Waals surface area contributed by atoms with Crippen LogP contribution in [0, 0.1) is 0 Å². The molecule has 2 aromatic heterocycles. The van der Waals surface area contributed by atoms with Gasteiger partial charge in [-0.25, -0.2) is 4.98 Å². The standard InChI is InChI=1S/C12H15N3O/c13-9-4-3-7-16-12(9)10-8-15-6-2-1-5-11(15)14-10/h1-2,5-6,8-9,12H,3-4,7,13H2. The topological polar surface area (TPSA) is 52.5 Å².